The fourth-order valence-electron chi connectivity index (χ4n) is 1.97. The van der Waals surface area contributed by atoms with E-state index in [1.165, 1.54) is 6.20 Å². The lowest BCUT2D eigenvalue weighted by atomic mass is 9.92. The van der Waals surface area contributed by atoms with Crippen LogP contribution < -0.4 is 5.73 Å². The van der Waals surface area contributed by atoms with Gasteiger partial charge in [-0.25, -0.2) is 0 Å². The van der Waals surface area contributed by atoms with Gasteiger partial charge in [0.2, 0.25) is 0 Å². The summed E-state index contributed by atoms with van der Waals surface area (Å²) in [6.45, 7) is -0.00116. The van der Waals surface area contributed by atoms with Gasteiger partial charge in [0, 0.05) is 29.6 Å². The first-order valence-corrected chi connectivity index (χ1v) is 5.52. The molecule has 0 saturated heterocycles. The zero-order valence-electron chi connectivity index (χ0n) is 9.43. The number of aromatic nitrogens is 1. The van der Waals surface area contributed by atoms with E-state index >= 15 is 0 Å². The van der Waals surface area contributed by atoms with E-state index < -0.39 is 0 Å². The molecule has 5 N–H and O–H groups in total. The first-order chi connectivity index (χ1) is 8.22. The number of benzene rings is 1. The van der Waals surface area contributed by atoms with E-state index in [4.69, 9.17) is 5.73 Å². The molecule has 1 aromatic heterocycles. The van der Waals surface area contributed by atoms with Gasteiger partial charge in [-0.15, -0.1) is 0 Å². The summed E-state index contributed by atoms with van der Waals surface area (Å²) in [5, 5.41) is 19.0. The standard InChI is InChI=1S/C13H16N2O2/c14-12-4-2-1-3-11(12)10(8-16)5-9-6-15-7-13(9)17/h1-4,6-7,10,15-17H,5,8,14H2. The van der Waals surface area contributed by atoms with Crippen LogP contribution in [0.3, 0.4) is 0 Å². The minimum Gasteiger partial charge on any atom is -0.506 e. The average molecular weight is 232 g/mol. The minimum atomic E-state index is -0.0992. The summed E-state index contributed by atoms with van der Waals surface area (Å²) in [5.74, 6) is 0.121. The fourth-order valence-corrected chi connectivity index (χ4v) is 1.97. The minimum absolute atomic E-state index is 0.00116. The number of hydrogen-bond acceptors (Lipinski definition) is 3. The molecule has 0 saturated carbocycles. The molecule has 0 aliphatic carbocycles. The van der Waals surface area contributed by atoms with Crippen molar-refractivity contribution in [3.63, 3.8) is 0 Å². The number of nitrogens with two attached hydrogens (primary N) is 1. The van der Waals surface area contributed by atoms with Crippen LogP contribution in [0.2, 0.25) is 0 Å². The summed E-state index contributed by atoms with van der Waals surface area (Å²) < 4.78 is 0. The highest BCUT2D eigenvalue weighted by molar-refractivity contribution is 5.49. The molecule has 2 rings (SSSR count). The maximum absolute atomic E-state index is 9.57. The van der Waals surface area contributed by atoms with E-state index in [9.17, 15) is 10.2 Å². The SMILES string of the molecule is Nc1ccccc1C(CO)Cc1c[nH]cc1O. The van der Waals surface area contributed by atoms with E-state index in [1.807, 2.05) is 24.3 Å². The molecule has 1 unspecified atom stereocenters. The van der Waals surface area contributed by atoms with Gasteiger partial charge in [0.25, 0.3) is 0 Å². The van der Waals surface area contributed by atoms with Crippen LogP contribution in [0.1, 0.15) is 17.0 Å². The highest BCUT2D eigenvalue weighted by atomic mass is 16.3. The van der Waals surface area contributed by atoms with Crippen molar-refractivity contribution in [2.45, 2.75) is 12.3 Å². The first-order valence-electron chi connectivity index (χ1n) is 5.52. The van der Waals surface area contributed by atoms with E-state index in [0.29, 0.717) is 12.1 Å². The number of aromatic amines is 1. The van der Waals surface area contributed by atoms with Gasteiger partial charge in [0.1, 0.15) is 5.75 Å². The Hall–Kier alpha value is -1.94. The van der Waals surface area contributed by atoms with E-state index in [-0.39, 0.29) is 18.3 Å². The number of H-pyrrole nitrogens is 1. The third kappa shape index (κ3) is 2.42. The van der Waals surface area contributed by atoms with Crippen molar-refractivity contribution in [3.05, 3.63) is 47.8 Å². The number of hydrogen-bond donors (Lipinski definition) is 4. The number of nitrogens with one attached hydrogen (secondary N) is 1. The highest BCUT2D eigenvalue weighted by Gasteiger charge is 2.16. The van der Waals surface area contributed by atoms with Gasteiger partial charge in [-0.3, -0.25) is 0 Å². The molecule has 17 heavy (non-hydrogen) atoms. The molecule has 0 radical (unpaired) electrons. The molecule has 0 aliphatic rings. The number of aliphatic hydroxyl groups excluding tert-OH is 1. The number of rotatable bonds is 4. The second-order valence-corrected chi connectivity index (χ2v) is 4.08. The van der Waals surface area contributed by atoms with E-state index in [1.54, 1.807) is 6.20 Å². The van der Waals surface area contributed by atoms with Gasteiger partial charge >= 0.3 is 0 Å². The number of aromatic hydroxyl groups is 1. The quantitative estimate of drug-likeness (QED) is 0.604. The van der Waals surface area contributed by atoms with Crippen LogP contribution in [-0.2, 0) is 6.42 Å². The Bertz CT molecular complexity index is 494. The second-order valence-electron chi connectivity index (χ2n) is 4.08. The van der Waals surface area contributed by atoms with Gasteiger partial charge in [-0.05, 0) is 18.1 Å². The Kier molecular flexibility index (Phi) is 3.35. The Morgan fingerprint density at radius 2 is 2.00 bits per heavy atom. The molecule has 1 aromatic carbocycles. The van der Waals surface area contributed by atoms with Crippen molar-refractivity contribution in [3.8, 4) is 5.75 Å². The van der Waals surface area contributed by atoms with Gasteiger partial charge in [-0.2, -0.15) is 0 Å². The molecular formula is C13H16N2O2. The van der Waals surface area contributed by atoms with Crippen molar-refractivity contribution < 1.29 is 10.2 Å². The lowest BCUT2D eigenvalue weighted by molar-refractivity contribution is 0.264. The second kappa shape index (κ2) is 4.93. The molecule has 0 amide bonds. The number of nitrogen functional groups attached to an aromatic ring is 1. The average Bonchev–Trinajstić information content (AvgIpc) is 2.73. The van der Waals surface area contributed by atoms with E-state index in [2.05, 4.69) is 4.98 Å². The van der Waals surface area contributed by atoms with Crippen LogP contribution in [0.25, 0.3) is 0 Å². The van der Waals surface area contributed by atoms with Crippen LogP contribution in [-0.4, -0.2) is 21.8 Å². The summed E-state index contributed by atoms with van der Waals surface area (Å²) in [7, 11) is 0. The van der Waals surface area contributed by atoms with Crippen molar-refractivity contribution in [1.82, 2.24) is 4.98 Å². The van der Waals surface area contributed by atoms with Crippen molar-refractivity contribution in [1.29, 1.82) is 0 Å². The summed E-state index contributed by atoms with van der Waals surface area (Å²) in [6.07, 6.45) is 3.81. The molecule has 4 heteroatoms. The molecule has 0 spiro atoms. The summed E-state index contributed by atoms with van der Waals surface area (Å²) in [5.41, 5.74) is 8.25. The monoisotopic (exact) mass is 232 g/mol. The van der Waals surface area contributed by atoms with Crippen LogP contribution in [0.5, 0.6) is 5.75 Å². The first kappa shape index (κ1) is 11.5. The summed E-state index contributed by atoms with van der Waals surface area (Å²) in [4.78, 5) is 2.83. The fraction of sp³-hybridized carbons (Fsp3) is 0.231. The van der Waals surface area contributed by atoms with Crippen LogP contribution >= 0.6 is 0 Å². The molecule has 90 valence electrons. The van der Waals surface area contributed by atoms with Gasteiger partial charge < -0.3 is 20.9 Å². The number of anilines is 1. The zero-order chi connectivity index (χ0) is 12.3. The molecule has 0 fully saturated rings. The molecule has 4 nitrogen and oxygen atoms in total. The highest BCUT2D eigenvalue weighted by Crippen LogP contribution is 2.28. The lowest BCUT2D eigenvalue weighted by Crippen LogP contribution is -2.09. The molecular weight excluding hydrogens is 216 g/mol. The molecule has 2 aromatic rings. The largest absolute Gasteiger partial charge is 0.506 e. The molecule has 0 aliphatic heterocycles. The Balaban J connectivity index is 2.23. The van der Waals surface area contributed by atoms with Crippen molar-refractivity contribution >= 4 is 5.69 Å². The zero-order valence-corrected chi connectivity index (χ0v) is 9.43. The van der Waals surface area contributed by atoms with Crippen LogP contribution in [0.15, 0.2) is 36.7 Å². The Morgan fingerprint density at radius 1 is 1.24 bits per heavy atom. The number of para-hydroxylation sites is 1. The smallest absolute Gasteiger partial charge is 0.136 e. The molecule has 1 heterocycles. The van der Waals surface area contributed by atoms with Crippen molar-refractivity contribution in [2.24, 2.45) is 0 Å². The normalized spacial score (nSPS) is 12.5. The van der Waals surface area contributed by atoms with Gasteiger partial charge in [0.15, 0.2) is 0 Å². The molecule has 0 bridgehead atoms. The Morgan fingerprint density at radius 3 is 2.59 bits per heavy atom. The third-order valence-corrected chi connectivity index (χ3v) is 2.93. The number of aliphatic hydroxyl groups is 1. The summed E-state index contributed by atoms with van der Waals surface area (Å²) in [6, 6.07) is 7.47. The van der Waals surface area contributed by atoms with Crippen LogP contribution in [0, 0.1) is 0 Å². The maximum Gasteiger partial charge on any atom is 0.136 e. The maximum atomic E-state index is 9.57. The van der Waals surface area contributed by atoms with Crippen LogP contribution in [0.4, 0.5) is 5.69 Å². The third-order valence-electron chi connectivity index (χ3n) is 2.93. The predicted molar refractivity (Wildman–Crippen MR) is 66.8 cm³/mol. The lowest BCUT2D eigenvalue weighted by Gasteiger charge is -2.16. The topological polar surface area (TPSA) is 82.3 Å². The van der Waals surface area contributed by atoms with Gasteiger partial charge in [-0.1, -0.05) is 18.2 Å². The summed E-state index contributed by atoms with van der Waals surface area (Å²) >= 11 is 0. The predicted octanol–water partition coefficient (Wildman–Crippen LogP) is 1.62. The van der Waals surface area contributed by atoms with Gasteiger partial charge in [0.05, 0.1) is 6.61 Å². The van der Waals surface area contributed by atoms with Crippen molar-refractivity contribution in [2.75, 3.05) is 12.3 Å². The van der Waals surface area contributed by atoms with E-state index in [0.717, 1.165) is 11.1 Å². The Labute approximate surface area is 99.7 Å². The molecule has 1 atom stereocenters.